The summed E-state index contributed by atoms with van der Waals surface area (Å²) in [6.07, 6.45) is 0. The Morgan fingerprint density at radius 3 is 2.50 bits per heavy atom. The molecule has 1 amide bonds. The van der Waals surface area contributed by atoms with E-state index in [-0.39, 0.29) is 28.9 Å². The van der Waals surface area contributed by atoms with Crippen LogP contribution in [-0.4, -0.2) is 64.2 Å². The molecule has 0 bridgehead atoms. The molecule has 0 aromatic heterocycles. The Kier molecular flexibility index (Phi) is 5.54. The number of piperazine rings is 1. The number of nitrogens with zero attached hydrogens (tertiary/aromatic N) is 2. The van der Waals surface area contributed by atoms with Gasteiger partial charge in [0.1, 0.15) is 10.6 Å². The number of methoxy groups -OCH3 is 1. The van der Waals surface area contributed by atoms with Gasteiger partial charge in [-0.2, -0.15) is 0 Å². The first kappa shape index (κ1) is 20.5. The topological polar surface area (TPSA) is 111 Å². The van der Waals surface area contributed by atoms with Crippen LogP contribution in [0.25, 0.3) is 0 Å². The zero-order valence-corrected chi connectivity index (χ0v) is 17.4. The number of carbonyl (C=O) groups excluding carboxylic acids is 1. The van der Waals surface area contributed by atoms with Crippen LogP contribution in [0.2, 0.25) is 0 Å². The Labute approximate surface area is 175 Å². The highest BCUT2D eigenvalue weighted by Gasteiger charge is 2.25. The second-order valence-corrected chi connectivity index (χ2v) is 8.70. The first-order valence-electron chi connectivity index (χ1n) is 9.46. The van der Waals surface area contributed by atoms with Crippen molar-refractivity contribution in [3.05, 3.63) is 47.5 Å². The molecule has 2 aromatic rings. The van der Waals surface area contributed by atoms with Crippen molar-refractivity contribution >= 4 is 15.9 Å². The number of hydrogen-bond donors (Lipinski definition) is 1. The predicted molar refractivity (Wildman–Crippen MR) is 108 cm³/mol. The fourth-order valence-electron chi connectivity index (χ4n) is 3.62. The summed E-state index contributed by atoms with van der Waals surface area (Å²) in [4.78, 5) is 16.6. The third-order valence-corrected chi connectivity index (χ3v) is 6.15. The smallest absolute Gasteiger partial charge is 0.253 e. The molecule has 2 N–H and O–H groups in total. The van der Waals surface area contributed by atoms with Crippen LogP contribution in [0.15, 0.2) is 41.3 Å². The third-order valence-electron chi connectivity index (χ3n) is 5.22. The molecule has 0 saturated carbocycles. The van der Waals surface area contributed by atoms with Gasteiger partial charge in [0.2, 0.25) is 16.8 Å². The Balaban J connectivity index is 1.40. The molecule has 2 aromatic carbocycles. The minimum Gasteiger partial charge on any atom is -0.495 e. The van der Waals surface area contributed by atoms with Crippen molar-refractivity contribution in [1.82, 2.24) is 9.80 Å². The zero-order valence-electron chi connectivity index (χ0n) is 16.5. The van der Waals surface area contributed by atoms with Crippen molar-refractivity contribution in [2.75, 3.05) is 40.1 Å². The predicted octanol–water partition coefficient (Wildman–Crippen LogP) is 1.03. The molecular formula is C20H23N3O6S. The lowest BCUT2D eigenvalue weighted by Crippen LogP contribution is -2.48. The number of primary sulfonamides is 1. The highest BCUT2D eigenvalue weighted by molar-refractivity contribution is 7.89. The molecule has 0 radical (unpaired) electrons. The van der Waals surface area contributed by atoms with Gasteiger partial charge in [-0.3, -0.25) is 9.69 Å². The van der Waals surface area contributed by atoms with Crippen LogP contribution in [0.1, 0.15) is 15.9 Å². The van der Waals surface area contributed by atoms with Crippen LogP contribution < -0.4 is 19.3 Å². The average Bonchev–Trinajstić information content (AvgIpc) is 3.20. The SMILES string of the molecule is COc1ccc(C(=O)N2CCN(Cc3ccc4c(c3)OCO4)CC2)cc1S(N)(=O)=O. The minimum atomic E-state index is -4.00. The number of carbonyl (C=O) groups is 1. The lowest BCUT2D eigenvalue weighted by Gasteiger charge is -2.35. The van der Waals surface area contributed by atoms with Crippen LogP contribution in [0.4, 0.5) is 0 Å². The van der Waals surface area contributed by atoms with Crippen molar-refractivity contribution in [3.8, 4) is 17.2 Å². The molecule has 2 aliphatic rings. The number of nitrogens with two attached hydrogens (primary N) is 1. The second kappa shape index (κ2) is 8.13. The summed E-state index contributed by atoms with van der Waals surface area (Å²) in [7, 11) is -2.65. The summed E-state index contributed by atoms with van der Waals surface area (Å²) >= 11 is 0. The highest BCUT2D eigenvalue weighted by atomic mass is 32.2. The number of amides is 1. The van der Waals surface area contributed by atoms with E-state index in [0.717, 1.165) is 23.6 Å². The molecule has 1 fully saturated rings. The van der Waals surface area contributed by atoms with E-state index in [2.05, 4.69) is 4.90 Å². The monoisotopic (exact) mass is 433 g/mol. The van der Waals surface area contributed by atoms with Crippen LogP contribution in [0.3, 0.4) is 0 Å². The lowest BCUT2D eigenvalue weighted by molar-refractivity contribution is 0.0628. The normalized spacial score (nSPS) is 16.5. The van der Waals surface area contributed by atoms with Gasteiger partial charge in [-0.25, -0.2) is 13.6 Å². The van der Waals surface area contributed by atoms with E-state index in [1.165, 1.54) is 19.2 Å². The first-order chi connectivity index (χ1) is 14.3. The van der Waals surface area contributed by atoms with Crippen molar-refractivity contribution in [1.29, 1.82) is 0 Å². The molecule has 30 heavy (non-hydrogen) atoms. The Morgan fingerprint density at radius 1 is 1.07 bits per heavy atom. The second-order valence-electron chi connectivity index (χ2n) is 7.17. The van der Waals surface area contributed by atoms with Crippen molar-refractivity contribution in [2.24, 2.45) is 5.14 Å². The Bertz CT molecular complexity index is 1060. The van der Waals surface area contributed by atoms with E-state index in [4.69, 9.17) is 19.3 Å². The molecule has 0 aliphatic carbocycles. The summed E-state index contributed by atoms with van der Waals surface area (Å²) in [6, 6.07) is 10.2. The lowest BCUT2D eigenvalue weighted by atomic mass is 10.1. The minimum absolute atomic E-state index is 0.114. The average molecular weight is 433 g/mol. The number of rotatable bonds is 5. The standard InChI is InChI=1S/C20H23N3O6S/c1-27-17-5-3-15(11-19(17)30(21,25)26)20(24)23-8-6-22(7-9-23)12-14-2-4-16-18(10-14)29-13-28-16/h2-5,10-11H,6-9,12-13H2,1H3,(H2,21,25,26). The highest BCUT2D eigenvalue weighted by Crippen LogP contribution is 2.33. The number of ether oxygens (including phenoxy) is 3. The molecule has 9 nitrogen and oxygen atoms in total. The third kappa shape index (κ3) is 4.20. The maximum atomic E-state index is 12.9. The van der Waals surface area contributed by atoms with Gasteiger partial charge in [0.05, 0.1) is 7.11 Å². The molecule has 0 unspecified atom stereocenters. The van der Waals surface area contributed by atoms with Gasteiger partial charge >= 0.3 is 0 Å². The van der Waals surface area contributed by atoms with Crippen LogP contribution in [0, 0.1) is 0 Å². The zero-order chi connectivity index (χ0) is 21.3. The molecule has 10 heteroatoms. The van der Waals surface area contributed by atoms with E-state index >= 15 is 0 Å². The fraction of sp³-hybridized carbons (Fsp3) is 0.350. The van der Waals surface area contributed by atoms with E-state index in [1.54, 1.807) is 11.0 Å². The fourth-order valence-corrected chi connectivity index (χ4v) is 4.34. The van der Waals surface area contributed by atoms with Crippen LogP contribution >= 0.6 is 0 Å². The van der Waals surface area contributed by atoms with Crippen molar-refractivity contribution < 1.29 is 27.4 Å². The summed E-state index contributed by atoms with van der Waals surface area (Å²) in [5.41, 5.74) is 1.39. The maximum Gasteiger partial charge on any atom is 0.253 e. The van der Waals surface area contributed by atoms with Gasteiger partial charge in [-0.15, -0.1) is 0 Å². The van der Waals surface area contributed by atoms with E-state index in [9.17, 15) is 13.2 Å². The Hall–Kier alpha value is -2.82. The quantitative estimate of drug-likeness (QED) is 0.750. The molecule has 2 heterocycles. The molecule has 1 saturated heterocycles. The number of sulfonamides is 1. The van der Waals surface area contributed by atoms with Gasteiger partial charge in [0.15, 0.2) is 11.5 Å². The summed E-state index contributed by atoms with van der Waals surface area (Å²) in [6.45, 7) is 3.49. The van der Waals surface area contributed by atoms with Gasteiger partial charge < -0.3 is 19.1 Å². The largest absolute Gasteiger partial charge is 0.495 e. The molecular weight excluding hydrogens is 410 g/mol. The van der Waals surface area contributed by atoms with Gasteiger partial charge in [0, 0.05) is 38.3 Å². The van der Waals surface area contributed by atoms with E-state index < -0.39 is 10.0 Å². The van der Waals surface area contributed by atoms with Gasteiger partial charge in [-0.05, 0) is 35.9 Å². The first-order valence-corrected chi connectivity index (χ1v) is 11.0. The maximum absolute atomic E-state index is 12.9. The number of benzene rings is 2. The van der Waals surface area contributed by atoms with E-state index in [0.29, 0.717) is 26.2 Å². The van der Waals surface area contributed by atoms with E-state index in [1.807, 2.05) is 18.2 Å². The molecule has 0 spiro atoms. The van der Waals surface area contributed by atoms with Gasteiger partial charge in [-0.1, -0.05) is 6.07 Å². The molecule has 2 aliphatic heterocycles. The van der Waals surface area contributed by atoms with Crippen LogP contribution in [0.5, 0.6) is 17.2 Å². The molecule has 4 rings (SSSR count). The number of fused-ring (bicyclic) bond motifs is 1. The number of hydrogen-bond acceptors (Lipinski definition) is 7. The van der Waals surface area contributed by atoms with Crippen LogP contribution in [-0.2, 0) is 16.6 Å². The molecule has 0 atom stereocenters. The summed E-state index contributed by atoms with van der Waals surface area (Å²) < 4.78 is 39.4. The summed E-state index contributed by atoms with van der Waals surface area (Å²) in [5, 5.41) is 5.25. The summed E-state index contributed by atoms with van der Waals surface area (Å²) in [5.74, 6) is 1.40. The van der Waals surface area contributed by atoms with Crippen molar-refractivity contribution in [2.45, 2.75) is 11.4 Å². The Morgan fingerprint density at radius 2 is 1.80 bits per heavy atom. The molecule has 160 valence electrons. The van der Waals surface area contributed by atoms with Gasteiger partial charge in [0.25, 0.3) is 5.91 Å². The van der Waals surface area contributed by atoms with Crippen molar-refractivity contribution in [3.63, 3.8) is 0 Å².